The molecule has 2 N–H and O–H groups in total. The first-order valence-corrected chi connectivity index (χ1v) is 6.54. The minimum Gasteiger partial charge on any atom is -0.481 e. The first-order valence-electron chi connectivity index (χ1n) is 6.54. The zero-order chi connectivity index (χ0) is 14.6. The van der Waals surface area contributed by atoms with Crippen molar-refractivity contribution in [3.63, 3.8) is 0 Å². The third kappa shape index (κ3) is 4.47. The van der Waals surface area contributed by atoms with Crippen LogP contribution in [-0.4, -0.2) is 59.8 Å². The number of hydrogen-bond acceptors (Lipinski definition) is 4. The fourth-order valence-electron chi connectivity index (χ4n) is 2.51. The van der Waals surface area contributed by atoms with Gasteiger partial charge >= 0.3 is 0 Å². The lowest BCUT2D eigenvalue weighted by Gasteiger charge is -2.32. The summed E-state index contributed by atoms with van der Waals surface area (Å²) in [4.78, 5) is 22.8. The Morgan fingerprint density at radius 2 is 2.16 bits per heavy atom. The number of nitrogens with one attached hydrogen (secondary N) is 1. The van der Waals surface area contributed by atoms with E-state index in [0.29, 0.717) is 25.0 Å². The number of hydrogen-bond donors (Lipinski definition) is 2. The lowest BCUT2D eigenvalue weighted by molar-refractivity contribution is -0.134. The van der Waals surface area contributed by atoms with Crippen LogP contribution in [0.4, 0.5) is 0 Å². The molecule has 0 aromatic carbocycles. The second kappa shape index (κ2) is 6.34. The van der Waals surface area contributed by atoms with E-state index in [1.807, 2.05) is 18.7 Å². The lowest BCUT2D eigenvalue weighted by atomic mass is 10.1. The summed E-state index contributed by atoms with van der Waals surface area (Å²) in [5.74, 6) is -0.567. The van der Waals surface area contributed by atoms with Crippen molar-refractivity contribution < 1.29 is 19.4 Å². The SMILES string of the molecule is CC(=O)O.COC(C)(C)CN1C(=O)C[C@H]2NCC[C@H]21. The van der Waals surface area contributed by atoms with Gasteiger partial charge in [-0.25, -0.2) is 0 Å². The quantitative estimate of drug-likeness (QED) is 0.780. The Morgan fingerprint density at radius 3 is 2.68 bits per heavy atom. The van der Waals surface area contributed by atoms with Crippen LogP contribution in [-0.2, 0) is 14.3 Å². The highest BCUT2D eigenvalue weighted by Gasteiger charge is 2.43. The van der Waals surface area contributed by atoms with Crippen molar-refractivity contribution in [3.8, 4) is 0 Å². The van der Waals surface area contributed by atoms with Crippen molar-refractivity contribution in [1.82, 2.24) is 10.2 Å². The molecule has 6 nitrogen and oxygen atoms in total. The summed E-state index contributed by atoms with van der Waals surface area (Å²) in [7, 11) is 1.70. The van der Waals surface area contributed by atoms with Crippen LogP contribution in [0, 0.1) is 0 Å². The Bertz CT molecular complexity index is 340. The van der Waals surface area contributed by atoms with E-state index in [4.69, 9.17) is 14.6 Å². The summed E-state index contributed by atoms with van der Waals surface area (Å²) >= 11 is 0. The average Bonchev–Trinajstić information content (AvgIpc) is 2.82. The molecule has 6 heteroatoms. The maximum absolute atomic E-state index is 11.8. The molecule has 0 aliphatic carbocycles. The minimum absolute atomic E-state index is 0.243. The van der Waals surface area contributed by atoms with Gasteiger partial charge in [-0.3, -0.25) is 9.59 Å². The number of fused-ring (bicyclic) bond motifs is 1. The van der Waals surface area contributed by atoms with Crippen molar-refractivity contribution in [2.24, 2.45) is 0 Å². The fraction of sp³-hybridized carbons (Fsp3) is 0.846. The van der Waals surface area contributed by atoms with Crippen molar-refractivity contribution >= 4 is 11.9 Å². The van der Waals surface area contributed by atoms with Gasteiger partial charge in [-0.1, -0.05) is 0 Å². The van der Waals surface area contributed by atoms with Crippen LogP contribution in [0.5, 0.6) is 0 Å². The van der Waals surface area contributed by atoms with E-state index in [9.17, 15) is 4.79 Å². The first kappa shape index (κ1) is 15.9. The Morgan fingerprint density at radius 1 is 1.58 bits per heavy atom. The summed E-state index contributed by atoms with van der Waals surface area (Å²) in [5.41, 5.74) is -0.243. The molecule has 0 aromatic heterocycles. The van der Waals surface area contributed by atoms with Crippen LogP contribution in [0.25, 0.3) is 0 Å². The molecule has 0 radical (unpaired) electrons. The standard InChI is InChI=1S/C11H20N2O2.C2H4O2/c1-11(2,15-3)7-13-9-4-5-12-8(9)6-10(13)14;1-2(3)4/h8-9,12H,4-7H2,1-3H3;1H3,(H,3,4)/t8-,9-;/m1./s1. The summed E-state index contributed by atoms with van der Waals surface area (Å²) in [6.45, 7) is 6.86. The monoisotopic (exact) mass is 272 g/mol. The molecule has 0 unspecified atom stereocenters. The van der Waals surface area contributed by atoms with Gasteiger partial charge in [0, 0.05) is 39.1 Å². The molecule has 110 valence electrons. The average molecular weight is 272 g/mol. The van der Waals surface area contributed by atoms with E-state index < -0.39 is 5.97 Å². The predicted octanol–water partition coefficient (Wildman–Crippen LogP) is 0.465. The van der Waals surface area contributed by atoms with Crippen LogP contribution in [0.3, 0.4) is 0 Å². The van der Waals surface area contributed by atoms with E-state index in [1.54, 1.807) is 7.11 Å². The van der Waals surface area contributed by atoms with Gasteiger partial charge in [0.15, 0.2) is 0 Å². The van der Waals surface area contributed by atoms with Gasteiger partial charge in [0.1, 0.15) is 0 Å². The molecule has 2 atom stereocenters. The third-order valence-electron chi connectivity index (χ3n) is 3.53. The van der Waals surface area contributed by atoms with Gasteiger partial charge in [0.2, 0.25) is 5.91 Å². The van der Waals surface area contributed by atoms with Crippen LogP contribution in [0.1, 0.15) is 33.6 Å². The summed E-state index contributed by atoms with van der Waals surface area (Å²) in [5, 5.41) is 10.8. The van der Waals surface area contributed by atoms with Crippen LogP contribution >= 0.6 is 0 Å². The van der Waals surface area contributed by atoms with Crippen molar-refractivity contribution in [3.05, 3.63) is 0 Å². The number of carboxylic acids is 1. The molecule has 1 amide bonds. The molecule has 2 fully saturated rings. The van der Waals surface area contributed by atoms with Gasteiger partial charge in [-0.15, -0.1) is 0 Å². The Kier molecular flexibility index (Phi) is 5.31. The van der Waals surface area contributed by atoms with Gasteiger partial charge in [0.25, 0.3) is 5.97 Å². The fourth-order valence-corrected chi connectivity index (χ4v) is 2.51. The zero-order valence-electron chi connectivity index (χ0n) is 12.1. The second-order valence-corrected chi connectivity index (χ2v) is 5.63. The molecule has 19 heavy (non-hydrogen) atoms. The highest BCUT2D eigenvalue weighted by molar-refractivity contribution is 5.80. The molecule has 0 bridgehead atoms. The van der Waals surface area contributed by atoms with E-state index in [-0.39, 0.29) is 11.5 Å². The van der Waals surface area contributed by atoms with Crippen LogP contribution in [0.15, 0.2) is 0 Å². The second-order valence-electron chi connectivity index (χ2n) is 5.63. The van der Waals surface area contributed by atoms with Gasteiger partial charge < -0.3 is 20.1 Å². The van der Waals surface area contributed by atoms with E-state index in [2.05, 4.69) is 5.32 Å². The topological polar surface area (TPSA) is 78.9 Å². The first-order chi connectivity index (χ1) is 8.76. The molecule has 0 aromatic rings. The summed E-state index contributed by atoms with van der Waals surface area (Å²) in [6, 6.07) is 0.775. The smallest absolute Gasteiger partial charge is 0.300 e. The molecule has 0 saturated carbocycles. The van der Waals surface area contributed by atoms with Gasteiger partial charge in [-0.2, -0.15) is 0 Å². The van der Waals surface area contributed by atoms with Gasteiger partial charge in [-0.05, 0) is 26.8 Å². The van der Waals surface area contributed by atoms with E-state index in [0.717, 1.165) is 19.9 Å². The number of aliphatic carboxylic acids is 1. The number of rotatable bonds is 3. The number of methoxy groups -OCH3 is 1. The number of carboxylic acid groups (broad SMARTS) is 1. The van der Waals surface area contributed by atoms with Gasteiger partial charge in [0.05, 0.1) is 5.60 Å². The van der Waals surface area contributed by atoms with Crippen molar-refractivity contribution in [1.29, 1.82) is 0 Å². The molecular formula is C13H24N2O4. The predicted molar refractivity (Wildman–Crippen MR) is 70.9 cm³/mol. The van der Waals surface area contributed by atoms with E-state index >= 15 is 0 Å². The number of carbonyl (C=O) groups is 2. The molecule has 2 rings (SSSR count). The molecule has 2 aliphatic rings. The molecule has 2 saturated heterocycles. The maximum atomic E-state index is 11.8. The van der Waals surface area contributed by atoms with Crippen molar-refractivity contribution in [2.45, 2.75) is 51.3 Å². The Hall–Kier alpha value is -1.14. The summed E-state index contributed by atoms with van der Waals surface area (Å²) in [6.07, 6.45) is 1.74. The number of nitrogens with zero attached hydrogens (tertiary/aromatic N) is 1. The molecule has 0 spiro atoms. The largest absolute Gasteiger partial charge is 0.481 e. The van der Waals surface area contributed by atoms with E-state index in [1.165, 1.54) is 0 Å². The zero-order valence-corrected chi connectivity index (χ0v) is 12.1. The molecular weight excluding hydrogens is 248 g/mol. The van der Waals surface area contributed by atoms with Crippen LogP contribution in [0.2, 0.25) is 0 Å². The maximum Gasteiger partial charge on any atom is 0.300 e. The number of likely N-dealkylation sites (tertiary alicyclic amines) is 1. The highest BCUT2D eigenvalue weighted by Crippen LogP contribution is 2.28. The minimum atomic E-state index is -0.833. The Balaban J connectivity index is 0.000000399. The number of ether oxygens (including phenoxy) is 1. The normalized spacial score (nSPS) is 25.9. The number of carbonyl (C=O) groups excluding carboxylic acids is 1. The van der Waals surface area contributed by atoms with Crippen molar-refractivity contribution in [2.75, 3.05) is 20.2 Å². The summed E-state index contributed by atoms with van der Waals surface area (Å²) < 4.78 is 5.38. The molecule has 2 heterocycles. The highest BCUT2D eigenvalue weighted by atomic mass is 16.5. The molecule has 2 aliphatic heterocycles. The lowest BCUT2D eigenvalue weighted by Crippen LogP contribution is -2.45. The Labute approximate surface area is 114 Å². The van der Waals surface area contributed by atoms with Crippen LogP contribution < -0.4 is 5.32 Å². The number of amides is 1. The third-order valence-corrected chi connectivity index (χ3v) is 3.53.